The van der Waals surface area contributed by atoms with E-state index in [-0.39, 0.29) is 6.04 Å². The Morgan fingerprint density at radius 3 is 2.96 bits per heavy atom. The summed E-state index contributed by atoms with van der Waals surface area (Å²) in [6, 6.07) is 13.4. The topological polar surface area (TPSA) is 78.6 Å². The Hall–Kier alpha value is -2.86. The average molecular weight is 308 g/mol. The van der Waals surface area contributed by atoms with Crippen molar-refractivity contribution in [2.24, 2.45) is 5.73 Å². The summed E-state index contributed by atoms with van der Waals surface area (Å²) in [5, 5.41) is 5.51. The van der Waals surface area contributed by atoms with Gasteiger partial charge < -0.3 is 14.9 Å². The summed E-state index contributed by atoms with van der Waals surface area (Å²) in [6.07, 6.45) is 1.75. The van der Waals surface area contributed by atoms with Gasteiger partial charge in [-0.1, -0.05) is 18.2 Å². The Bertz CT molecular complexity index is 938. The molecule has 0 aliphatic rings. The van der Waals surface area contributed by atoms with Gasteiger partial charge in [0.2, 0.25) is 5.88 Å². The lowest BCUT2D eigenvalue weighted by atomic mass is 10.2. The molecule has 6 nitrogen and oxygen atoms in total. The van der Waals surface area contributed by atoms with Gasteiger partial charge in [-0.15, -0.1) is 5.10 Å². The predicted octanol–water partition coefficient (Wildman–Crippen LogP) is 2.87. The number of ether oxygens (including phenoxy) is 1. The highest BCUT2D eigenvalue weighted by Gasteiger charge is 2.13. The van der Waals surface area contributed by atoms with Gasteiger partial charge in [-0.3, -0.25) is 0 Å². The number of fused-ring (bicyclic) bond motifs is 2. The molecule has 0 fully saturated rings. The zero-order valence-electron chi connectivity index (χ0n) is 12.6. The van der Waals surface area contributed by atoms with Gasteiger partial charge >= 0.3 is 0 Å². The molecule has 3 aromatic heterocycles. The first-order valence-electron chi connectivity index (χ1n) is 7.43. The van der Waals surface area contributed by atoms with Crippen LogP contribution in [0.3, 0.4) is 0 Å². The van der Waals surface area contributed by atoms with Crippen LogP contribution in [0, 0.1) is 0 Å². The second-order valence-corrected chi connectivity index (χ2v) is 5.52. The van der Waals surface area contributed by atoms with Crippen LogP contribution in [0.15, 0.2) is 53.1 Å². The van der Waals surface area contributed by atoms with E-state index in [1.54, 1.807) is 16.8 Å². The van der Waals surface area contributed by atoms with Crippen LogP contribution in [0.2, 0.25) is 0 Å². The van der Waals surface area contributed by atoms with Gasteiger partial charge in [-0.2, -0.15) is 0 Å². The van der Waals surface area contributed by atoms with Gasteiger partial charge in [0.25, 0.3) is 0 Å². The predicted molar refractivity (Wildman–Crippen MR) is 87.3 cm³/mol. The third-order valence-corrected chi connectivity index (χ3v) is 3.51. The number of hydrogen-bond acceptors (Lipinski definition) is 5. The highest BCUT2D eigenvalue weighted by atomic mass is 16.5. The minimum atomic E-state index is -0.0508. The molecule has 4 aromatic rings. The zero-order chi connectivity index (χ0) is 15.8. The smallest absolute Gasteiger partial charge is 0.231 e. The maximum absolute atomic E-state index is 5.90. The van der Waals surface area contributed by atoms with E-state index in [1.165, 1.54) is 0 Å². The quantitative estimate of drug-likeness (QED) is 0.627. The number of aromatic nitrogens is 3. The highest BCUT2D eigenvalue weighted by molar-refractivity contribution is 5.82. The van der Waals surface area contributed by atoms with Crippen LogP contribution in [-0.4, -0.2) is 27.2 Å². The molecule has 116 valence electrons. The molecule has 0 spiro atoms. The van der Waals surface area contributed by atoms with Gasteiger partial charge in [0.1, 0.15) is 17.9 Å². The van der Waals surface area contributed by atoms with Crippen molar-refractivity contribution in [2.75, 3.05) is 6.61 Å². The number of benzene rings is 1. The second-order valence-electron chi connectivity index (χ2n) is 5.52. The number of imidazole rings is 1. The van der Waals surface area contributed by atoms with E-state index in [2.05, 4.69) is 10.1 Å². The molecule has 2 N–H and O–H groups in total. The molecule has 0 saturated heterocycles. The molecule has 0 aliphatic carbocycles. The molecular formula is C17H16N4O2. The summed E-state index contributed by atoms with van der Waals surface area (Å²) >= 11 is 0. The van der Waals surface area contributed by atoms with Crippen molar-refractivity contribution in [3.8, 4) is 17.3 Å². The van der Waals surface area contributed by atoms with Gasteiger partial charge in [-0.25, -0.2) is 9.50 Å². The molecule has 3 heterocycles. The summed E-state index contributed by atoms with van der Waals surface area (Å²) in [4.78, 5) is 4.36. The van der Waals surface area contributed by atoms with E-state index in [9.17, 15) is 0 Å². The number of rotatable bonds is 4. The SMILES string of the molecule is C[C@H](N)COc1ccc2ncc(-c3cc4ccccc4o3)n2n1. The fourth-order valence-corrected chi connectivity index (χ4v) is 2.43. The molecule has 1 aromatic carbocycles. The fourth-order valence-electron chi connectivity index (χ4n) is 2.43. The van der Waals surface area contributed by atoms with Crippen molar-refractivity contribution in [2.45, 2.75) is 13.0 Å². The molecule has 0 amide bonds. The maximum atomic E-state index is 5.90. The van der Waals surface area contributed by atoms with Crippen LogP contribution in [0.5, 0.6) is 5.88 Å². The van der Waals surface area contributed by atoms with Crippen molar-refractivity contribution >= 4 is 16.6 Å². The van der Waals surface area contributed by atoms with Crippen LogP contribution in [0.1, 0.15) is 6.92 Å². The standard InChI is InChI=1S/C17H16N4O2/c1-11(18)10-22-17-7-6-16-19-9-13(21(16)20-17)15-8-12-4-2-3-5-14(12)23-15/h2-9,11H,10,18H2,1H3/t11-/m0/s1. The number of nitrogens with two attached hydrogens (primary N) is 1. The van der Waals surface area contributed by atoms with Crippen molar-refractivity contribution in [1.29, 1.82) is 0 Å². The largest absolute Gasteiger partial charge is 0.475 e. The summed E-state index contributed by atoms with van der Waals surface area (Å²) in [6.45, 7) is 2.29. The molecule has 4 rings (SSSR count). The van der Waals surface area contributed by atoms with E-state index in [4.69, 9.17) is 14.9 Å². The Balaban J connectivity index is 1.78. The van der Waals surface area contributed by atoms with E-state index < -0.39 is 0 Å². The van der Waals surface area contributed by atoms with Crippen LogP contribution in [0.25, 0.3) is 28.1 Å². The summed E-state index contributed by atoms with van der Waals surface area (Å²) in [5.74, 6) is 1.22. The highest BCUT2D eigenvalue weighted by Crippen LogP contribution is 2.28. The first-order chi connectivity index (χ1) is 11.2. The van der Waals surface area contributed by atoms with Crippen LogP contribution < -0.4 is 10.5 Å². The number of para-hydroxylation sites is 1. The Morgan fingerprint density at radius 2 is 2.13 bits per heavy atom. The lowest BCUT2D eigenvalue weighted by Crippen LogP contribution is -2.24. The Labute approximate surface area is 132 Å². The molecule has 1 atom stereocenters. The lowest BCUT2D eigenvalue weighted by Gasteiger charge is -2.08. The fraction of sp³-hybridized carbons (Fsp3) is 0.176. The summed E-state index contributed by atoms with van der Waals surface area (Å²) in [5.41, 5.74) is 8.06. The molecule has 0 aliphatic heterocycles. The second kappa shape index (κ2) is 5.40. The first-order valence-corrected chi connectivity index (χ1v) is 7.43. The van der Waals surface area contributed by atoms with Crippen molar-refractivity contribution in [3.05, 3.63) is 48.7 Å². The van der Waals surface area contributed by atoms with Crippen molar-refractivity contribution in [1.82, 2.24) is 14.6 Å². The molecule has 23 heavy (non-hydrogen) atoms. The maximum Gasteiger partial charge on any atom is 0.231 e. The van der Waals surface area contributed by atoms with E-state index >= 15 is 0 Å². The average Bonchev–Trinajstić information content (AvgIpc) is 3.15. The van der Waals surface area contributed by atoms with Crippen molar-refractivity contribution in [3.63, 3.8) is 0 Å². The molecule has 0 saturated carbocycles. The minimum Gasteiger partial charge on any atom is -0.475 e. The minimum absolute atomic E-state index is 0.0508. The van der Waals surface area contributed by atoms with Gasteiger partial charge in [0, 0.05) is 17.5 Å². The van der Waals surface area contributed by atoms with Gasteiger partial charge in [0.15, 0.2) is 11.4 Å². The van der Waals surface area contributed by atoms with E-state index in [0.717, 1.165) is 28.1 Å². The molecule has 0 radical (unpaired) electrons. The molecule has 0 unspecified atom stereocenters. The van der Waals surface area contributed by atoms with Crippen LogP contribution in [-0.2, 0) is 0 Å². The third kappa shape index (κ3) is 2.53. The Kier molecular flexibility index (Phi) is 3.24. The number of furan rings is 1. The Morgan fingerprint density at radius 1 is 1.26 bits per heavy atom. The first kappa shape index (κ1) is 13.8. The van der Waals surface area contributed by atoms with Crippen LogP contribution in [0.4, 0.5) is 0 Å². The van der Waals surface area contributed by atoms with E-state index in [1.807, 2.05) is 43.3 Å². The summed E-state index contributed by atoms with van der Waals surface area (Å²) < 4.78 is 13.2. The molecular weight excluding hydrogens is 292 g/mol. The molecule has 0 bridgehead atoms. The van der Waals surface area contributed by atoms with Gasteiger partial charge in [-0.05, 0) is 25.1 Å². The monoisotopic (exact) mass is 308 g/mol. The van der Waals surface area contributed by atoms with Crippen LogP contribution >= 0.6 is 0 Å². The van der Waals surface area contributed by atoms with Gasteiger partial charge in [0.05, 0.1) is 6.20 Å². The number of hydrogen-bond donors (Lipinski definition) is 1. The van der Waals surface area contributed by atoms with E-state index in [0.29, 0.717) is 12.5 Å². The number of nitrogens with zero attached hydrogens (tertiary/aromatic N) is 3. The normalized spacial score (nSPS) is 12.8. The third-order valence-electron chi connectivity index (χ3n) is 3.51. The zero-order valence-corrected chi connectivity index (χ0v) is 12.6. The lowest BCUT2D eigenvalue weighted by molar-refractivity contribution is 0.281. The summed E-state index contributed by atoms with van der Waals surface area (Å²) in [7, 11) is 0. The molecule has 6 heteroatoms. The van der Waals surface area contributed by atoms with Crippen molar-refractivity contribution < 1.29 is 9.15 Å².